The third-order valence-corrected chi connectivity index (χ3v) is 9.88. The van der Waals surface area contributed by atoms with Crippen molar-refractivity contribution < 1.29 is 37.3 Å². The van der Waals surface area contributed by atoms with Crippen molar-refractivity contribution >= 4 is 12.3 Å². The van der Waals surface area contributed by atoms with Crippen LogP contribution in [0.1, 0.15) is 158 Å². The molecule has 2 aromatic heterocycles. The Morgan fingerprint density at radius 1 is 0.492 bits per heavy atom. The van der Waals surface area contributed by atoms with Crippen LogP contribution in [0.15, 0.2) is 73.1 Å². The number of aryl methyl sites for hydroxylation is 2. The Kier molecular flexibility index (Phi) is 24.5. The standard InChI is InChI=1S/C25H31FN2O3.C24H29FN2O3/c1-2-3-4-5-6-7-8-9-10-11-12-20-13-16-24(28-19-20)31-25(29)30-22-15-14-21(18-27)23(26)17-22;1-2-3-4-5-6-7-8-9-10-11-19-12-15-23(27-18-19)30-24(28)29-21-14-13-20(17-26)22(25)16-21/h13-17,19H,2-12H2,1H3;12-16,18H,2-11H2,1H3. The molecule has 4 rings (SSSR count). The molecule has 2 heterocycles. The van der Waals surface area contributed by atoms with Gasteiger partial charge < -0.3 is 18.9 Å². The summed E-state index contributed by atoms with van der Waals surface area (Å²) in [5, 5.41) is 17.4. The van der Waals surface area contributed by atoms with E-state index in [9.17, 15) is 18.4 Å². The first kappa shape index (κ1) is 49.5. The molecular formula is C49H60F2N4O6. The van der Waals surface area contributed by atoms with E-state index in [4.69, 9.17) is 29.5 Å². The van der Waals surface area contributed by atoms with Crippen LogP contribution in [0.25, 0.3) is 0 Å². The molecule has 12 heteroatoms. The summed E-state index contributed by atoms with van der Waals surface area (Å²) in [6, 6.07) is 17.4. The molecule has 10 nitrogen and oxygen atoms in total. The molecule has 0 radical (unpaired) electrons. The predicted molar refractivity (Wildman–Crippen MR) is 230 cm³/mol. The number of carbonyl (C=O) groups is 2. The summed E-state index contributed by atoms with van der Waals surface area (Å²) < 4.78 is 46.9. The van der Waals surface area contributed by atoms with Crippen LogP contribution >= 0.6 is 0 Å². The van der Waals surface area contributed by atoms with Gasteiger partial charge in [-0.15, -0.1) is 0 Å². The largest absolute Gasteiger partial charge is 0.520 e. The van der Waals surface area contributed by atoms with Gasteiger partial charge in [0.15, 0.2) is 0 Å². The Balaban J connectivity index is 0.000000325. The van der Waals surface area contributed by atoms with Crippen molar-refractivity contribution in [2.45, 2.75) is 149 Å². The van der Waals surface area contributed by atoms with Gasteiger partial charge in [-0.05, 0) is 61.1 Å². The number of rotatable bonds is 25. The number of unbranched alkanes of at least 4 members (excludes halogenated alkanes) is 17. The molecule has 326 valence electrons. The summed E-state index contributed by atoms with van der Waals surface area (Å²) in [5.74, 6) is -1.38. The number of pyridine rings is 2. The van der Waals surface area contributed by atoms with E-state index >= 15 is 0 Å². The zero-order valence-corrected chi connectivity index (χ0v) is 35.8. The number of benzene rings is 2. The summed E-state index contributed by atoms with van der Waals surface area (Å²) in [5.41, 5.74) is 1.93. The van der Waals surface area contributed by atoms with Gasteiger partial charge in [-0.25, -0.2) is 28.3 Å². The third kappa shape index (κ3) is 21.3. The minimum Gasteiger partial charge on any atom is -0.395 e. The summed E-state index contributed by atoms with van der Waals surface area (Å²) in [4.78, 5) is 31.9. The second-order valence-corrected chi connectivity index (χ2v) is 14.9. The van der Waals surface area contributed by atoms with Crippen molar-refractivity contribution in [1.29, 1.82) is 10.5 Å². The molecular weight excluding hydrogens is 779 g/mol. The van der Waals surface area contributed by atoms with E-state index in [0.29, 0.717) is 0 Å². The van der Waals surface area contributed by atoms with Crippen LogP contribution in [0, 0.1) is 34.3 Å². The molecule has 0 amide bonds. The van der Waals surface area contributed by atoms with Crippen LogP contribution in [0.4, 0.5) is 18.4 Å². The van der Waals surface area contributed by atoms with Gasteiger partial charge in [0.2, 0.25) is 11.8 Å². The maximum Gasteiger partial charge on any atom is 0.520 e. The fourth-order valence-electron chi connectivity index (χ4n) is 6.40. The molecule has 0 fully saturated rings. The van der Waals surface area contributed by atoms with E-state index in [2.05, 4.69) is 23.8 Å². The minimum absolute atomic E-state index is 0.0425. The van der Waals surface area contributed by atoms with Crippen LogP contribution in [0.3, 0.4) is 0 Å². The Labute approximate surface area is 360 Å². The third-order valence-electron chi connectivity index (χ3n) is 9.88. The van der Waals surface area contributed by atoms with Crippen molar-refractivity contribution in [3.63, 3.8) is 0 Å². The van der Waals surface area contributed by atoms with E-state index in [0.717, 1.165) is 48.9 Å². The normalized spacial score (nSPS) is 10.5. The first-order chi connectivity index (χ1) is 29.7. The van der Waals surface area contributed by atoms with E-state index in [-0.39, 0.29) is 34.4 Å². The Morgan fingerprint density at radius 2 is 0.836 bits per heavy atom. The lowest BCUT2D eigenvalue weighted by Gasteiger charge is -2.06. The second-order valence-electron chi connectivity index (χ2n) is 14.9. The molecule has 0 aliphatic rings. The van der Waals surface area contributed by atoms with Crippen molar-refractivity contribution in [2.75, 3.05) is 0 Å². The highest BCUT2D eigenvalue weighted by atomic mass is 19.1. The Morgan fingerprint density at radius 3 is 1.13 bits per heavy atom. The first-order valence-electron chi connectivity index (χ1n) is 21.8. The van der Waals surface area contributed by atoms with Gasteiger partial charge in [0, 0.05) is 36.7 Å². The summed E-state index contributed by atoms with van der Waals surface area (Å²) in [6.45, 7) is 4.48. The van der Waals surface area contributed by atoms with Crippen molar-refractivity contribution in [3.05, 3.63) is 107 Å². The number of hydrogen-bond acceptors (Lipinski definition) is 10. The predicted octanol–water partition coefficient (Wildman–Crippen LogP) is 13.9. The topological polar surface area (TPSA) is 144 Å². The SMILES string of the molecule is CCCCCCCCCCCCc1ccc(OC(=O)Oc2ccc(C#N)c(F)c2)nc1.CCCCCCCCCCCc1ccc(OC(=O)Oc2ccc(C#N)c(F)c2)nc1. The summed E-state index contributed by atoms with van der Waals surface area (Å²) in [7, 11) is 0. The van der Waals surface area contributed by atoms with E-state index in [1.54, 1.807) is 36.7 Å². The zero-order chi connectivity index (χ0) is 43.9. The Bertz CT molecular complexity index is 1960. The minimum atomic E-state index is -1.02. The van der Waals surface area contributed by atoms with Gasteiger partial charge >= 0.3 is 12.3 Å². The summed E-state index contributed by atoms with van der Waals surface area (Å²) in [6.07, 6.45) is 27.8. The average Bonchev–Trinajstić information content (AvgIpc) is 3.25. The first-order valence-corrected chi connectivity index (χ1v) is 21.8. The summed E-state index contributed by atoms with van der Waals surface area (Å²) >= 11 is 0. The number of aromatic nitrogens is 2. The molecule has 2 aromatic carbocycles. The van der Waals surface area contributed by atoms with Crippen LogP contribution in [0.2, 0.25) is 0 Å². The quantitative estimate of drug-likeness (QED) is 0.0359. The molecule has 0 N–H and O–H groups in total. The van der Waals surface area contributed by atoms with Crippen LogP contribution in [-0.2, 0) is 12.8 Å². The van der Waals surface area contributed by atoms with Crippen LogP contribution in [0.5, 0.6) is 23.3 Å². The fraction of sp³-hybridized carbons (Fsp3) is 0.469. The van der Waals surface area contributed by atoms with E-state index in [1.165, 1.54) is 133 Å². The van der Waals surface area contributed by atoms with Gasteiger partial charge in [-0.1, -0.05) is 135 Å². The maximum atomic E-state index is 13.6. The van der Waals surface area contributed by atoms with E-state index in [1.807, 2.05) is 12.1 Å². The van der Waals surface area contributed by atoms with Gasteiger partial charge in [0.05, 0.1) is 11.1 Å². The molecule has 0 aliphatic heterocycles. The number of carbonyl (C=O) groups excluding carboxylic acids is 2. The van der Waals surface area contributed by atoms with Crippen molar-refractivity contribution in [1.82, 2.24) is 9.97 Å². The maximum absolute atomic E-state index is 13.6. The lowest BCUT2D eigenvalue weighted by Crippen LogP contribution is -2.14. The lowest BCUT2D eigenvalue weighted by molar-refractivity contribution is 0.148. The number of ether oxygens (including phenoxy) is 4. The molecule has 0 saturated carbocycles. The zero-order valence-electron chi connectivity index (χ0n) is 35.8. The average molecular weight is 839 g/mol. The highest BCUT2D eigenvalue weighted by molar-refractivity contribution is 5.67. The monoisotopic (exact) mass is 838 g/mol. The number of halogens is 2. The highest BCUT2D eigenvalue weighted by Crippen LogP contribution is 2.20. The van der Waals surface area contributed by atoms with Crippen molar-refractivity contribution in [2.24, 2.45) is 0 Å². The lowest BCUT2D eigenvalue weighted by atomic mass is 10.0. The van der Waals surface area contributed by atoms with Crippen LogP contribution in [-0.4, -0.2) is 22.3 Å². The van der Waals surface area contributed by atoms with Gasteiger partial charge in [-0.3, -0.25) is 0 Å². The molecule has 0 unspecified atom stereocenters. The van der Waals surface area contributed by atoms with Gasteiger partial charge in [0.25, 0.3) is 0 Å². The number of nitrogens with zero attached hydrogens (tertiary/aromatic N) is 4. The van der Waals surface area contributed by atoms with Crippen LogP contribution < -0.4 is 18.9 Å². The molecule has 0 saturated heterocycles. The smallest absolute Gasteiger partial charge is 0.395 e. The molecule has 0 spiro atoms. The second kappa shape index (κ2) is 30.2. The fourth-order valence-corrected chi connectivity index (χ4v) is 6.40. The molecule has 61 heavy (non-hydrogen) atoms. The van der Waals surface area contributed by atoms with Crippen molar-refractivity contribution in [3.8, 4) is 35.4 Å². The highest BCUT2D eigenvalue weighted by Gasteiger charge is 2.13. The molecule has 4 aromatic rings. The molecule has 0 bridgehead atoms. The van der Waals surface area contributed by atoms with E-state index < -0.39 is 23.9 Å². The molecule has 0 atom stereocenters. The number of nitriles is 2. The Hall–Kier alpha value is -5.88. The number of hydrogen-bond donors (Lipinski definition) is 0. The van der Waals surface area contributed by atoms with Gasteiger partial charge in [-0.2, -0.15) is 10.5 Å². The molecule has 0 aliphatic carbocycles. The van der Waals surface area contributed by atoms with Gasteiger partial charge in [0.1, 0.15) is 35.3 Å².